The van der Waals surface area contributed by atoms with Gasteiger partial charge >= 0.3 is 0 Å². The molecule has 0 radical (unpaired) electrons. The SMILES string of the molecule is C=CCC1c2ccccc2CN1S(=O)(=O)c1cc(C)cc(O)c1.COc1ccc(S(=O)(=O)N2Cc3ccccc3C2)c(OC)c1.Cc1cc(O)cc(S(=O)(=O)N2Cc3ccccc3C2C2=CCCCC2)c1.Cc1cc(O)cc(S(=O)(=O)N2Cc3ccccc3C2c2ccccc2)c1.Cc1ccc(S(=O)(=O)N2Cc3ccccc3C2)c(O)c1.Cc1ccc(S(=O)(=O)N2[C@H](c3ccccc3)c3ccccc3[C@H]2C)c(O)c1. The zero-order chi connectivity index (χ0) is 102. The molecule has 0 spiro atoms. The maximum absolute atomic E-state index is 13.6. The normalized spacial score (nSPS) is 17.8. The summed E-state index contributed by atoms with van der Waals surface area (Å²) in [6.45, 7) is 17.1. The van der Waals surface area contributed by atoms with Crippen LogP contribution in [0.1, 0.15) is 175 Å². The van der Waals surface area contributed by atoms with Crippen LogP contribution in [-0.2, 0) is 106 Å². The molecule has 0 amide bonds. The summed E-state index contributed by atoms with van der Waals surface area (Å²) in [4.78, 5) is 0.457. The Hall–Kier alpha value is -13.4. The van der Waals surface area contributed by atoms with Gasteiger partial charge < -0.3 is 35.0 Å². The fourth-order valence-electron chi connectivity index (χ4n) is 19.7. The van der Waals surface area contributed by atoms with Crippen LogP contribution in [-0.4, -0.2) is 116 Å². The van der Waals surface area contributed by atoms with E-state index in [-0.39, 0.29) is 88.0 Å². The number of fused-ring (bicyclic) bond motifs is 6. The second kappa shape index (κ2) is 43.3. The Morgan fingerprint density at radius 3 is 1.12 bits per heavy atom. The van der Waals surface area contributed by atoms with Gasteiger partial charge in [0.05, 0.1) is 53.1 Å². The largest absolute Gasteiger partial charge is 0.508 e. The molecule has 746 valence electrons. The molecule has 5 N–H and O–H groups in total. The number of sulfonamides is 6. The Balaban J connectivity index is 0.000000124. The van der Waals surface area contributed by atoms with Gasteiger partial charge in [-0.05, 0) is 270 Å². The third-order valence-electron chi connectivity index (χ3n) is 26.6. The van der Waals surface area contributed by atoms with Crippen LogP contribution in [0.4, 0.5) is 0 Å². The Morgan fingerprint density at radius 1 is 0.333 bits per heavy atom. The molecule has 14 aromatic rings. The van der Waals surface area contributed by atoms with Gasteiger partial charge in [-0.3, -0.25) is 0 Å². The van der Waals surface area contributed by atoms with E-state index in [1.165, 1.54) is 89.8 Å². The number of rotatable bonds is 19. The molecule has 0 saturated carbocycles. The molecule has 25 nitrogen and oxygen atoms in total. The molecule has 0 bridgehead atoms. The van der Waals surface area contributed by atoms with E-state index in [0.29, 0.717) is 69.1 Å². The summed E-state index contributed by atoms with van der Waals surface area (Å²) < 4.78 is 177. The van der Waals surface area contributed by atoms with Crippen LogP contribution in [0.5, 0.6) is 40.2 Å². The van der Waals surface area contributed by atoms with Crippen molar-refractivity contribution in [2.75, 3.05) is 14.2 Å². The van der Waals surface area contributed by atoms with Crippen LogP contribution in [0.25, 0.3) is 0 Å². The first-order valence-electron chi connectivity index (χ1n) is 47.0. The average Bonchev–Trinajstić information content (AvgIpc) is 1.51. The van der Waals surface area contributed by atoms with Crippen LogP contribution in [0.2, 0.25) is 0 Å². The molecule has 0 saturated heterocycles. The first-order chi connectivity index (χ1) is 68.8. The summed E-state index contributed by atoms with van der Waals surface area (Å²) in [5, 5.41) is 49.8. The number of aryl methyl sites for hydroxylation is 5. The second-order valence-electron chi connectivity index (χ2n) is 36.5. The molecule has 5 atom stereocenters. The van der Waals surface area contributed by atoms with Gasteiger partial charge in [0.25, 0.3) is 0 Å². The summed E-state index contributed by atoms with van der Waals surface area (Å²) in [6, 6.07) is 91.9. The topological polar surface area (TPSA) is 344 Å². The molecule has 1 aliphatic carbocycles. The van der Waals surface area contributed by atoms with Crippen LogP contribution in [0.15, 0.2) is 369 Å². The Kier molecular flexibility index (Phi) is 31.1. The van der Waals surface area contributed by atoms with Crippen molar-refractivity contribution < 1.29 is 85.5 Å². The zero-order valence-electron chi connectivity index (χ0n) is 80.8. The highest BCUT2D eigenvalue weighted by Gasteiger charge is 2.48. The van der Waals surface area contributed by atoms with Gasteiger partial charge in [0.15, 0.2) is 0 Å². The summed E-state index contributed by atoms with van der Waals surface area (Å²) in [5.41, 5.74) is 19.1. The fourth-order valence-corrected chi connectivity index (χ4v) is 29.7. The van der Waals surface area contributed by atoms with Gasteiger partial charge in [0.1, 0.15) is 54.9 Å². The van der Waals surface area contributed by atoms with Gasteiger partial charge in [0.2, 0.25) is 60.1 Å². The highest BCUT2D eigenvalue weighted by atomic mass is 32.2. The summed E-state index contributed by atoms with van der Waals surface area (Å²) in [7, 11) is -19.4. The lowest BCUT2D eigenvalue weighted by Gasteiger charge is -2.29. The standard InChI is InChI=1S/C22H21NO3S.C21H23NO3S.C21H19NO3S.C18H19NO3S.C16H17NO4S.C15H15NO3S/c1-15-12-13-21(20(24)14-15)27(25,26)23-16(2)18-10-6-7-11-19(18)22(23)17-8-4-3-5-9-17;2*1-15-11-18(23)13-19(12-15)26(24,25)22-14-17-9-5-6-10-20(17)21(22)16-7-3-2-4-8-16;1-3-6-18-17-8-5-4-7-14(17)12-19(18)23(21,22)16-10-13(2)9-15(20)11-16;1-20-14-7-8-16(15(9-14)21-2)22(18,19)17-10-12-5-3-4-6-13(12)11-17;1-11-6-7-15(14(17)8-11)20(18,19)16-9-12-4-2-3-5-13(12)10-16/h3-14,16,22,24H,1-2H3;5-7,9-13,21,23H,2-4,8,14H2,1H3;2-13,21,23H,14H2,1H3;3-5,7-11,18,20H,1,6,12H2,2H3;3-9H,10-11H2,1-2H3;2-8,17H,9-10H2,1H3/t16-,22-;;;;;/m1...../s1. The molecule has 21 rings (SSSR count). The number of hydrogen-bond acceptors (Lipinski definition) is 19. The summed E-state index contributed by atoms with van der Waals surface area (Å²) in [5.74, 6) is 0.326. The Labute approximate surface area is 844 Å². The van der Waals surface area contributed by atoms with E-state index in [0.717, 1.165) is 120 Å². The summed E-state index contributed by atoms with van der Waals surface area (Å²) >= 11 is 0. The molecule has 144 heavy (non-hydrogen) atoms. The first kappa shape index (κ1) is 103. The molecule has 6 heterocycles. The van der Waals surface area contributed by atoms with E-state index in [9.17, 15) is 76.0 Å². The maximum atomic E-state index is 13.6. The van der Waals surface area contributed by atoms with Crippen molar-refractivity contribution in [1.82, 2.24) is 25.8 Å². The number of aromatic hydroxyl groups is 5. The predicted molar refractivity (Wildman–Crippen MR) is 554 cm³/mol. The van der Waals surface area contributed by atoms with E-state index in [2.05, 4.69) is 12.7 Å². The molecule has 7 aliphatic rings. The van der Waals surface area contributed by atoms with Gasteiger partial charge in [-0.2, -0.15) is 25.8 Å². The van der Waals surface area contributed by atoms with E-state index in [4.69, 9.17) is 9.47 Å². The lowest BCUT2D eigenvalue weighted by molar-refractivity contribution is 0.329. The molecule has 31 heteroatoms. The molecule has 6 aliphatic heterocycles. The van der Waals surface area contributed by atoms with Crippen molar-refractivity contribution in [3.63, 3.8) is 0 Å². The number of allylic oxidation sites excluding steroid dienone is 1. The number of benzene rings is 14. The molecule has 0 aromatic heterocycles. The third kappa shape index (κ3) is 21.7. The minimum atomic E-state index is -3.92. The van der Waals surface area contributed by atoms with E-state index >= 15 is 0 Å². The van der Waals surface area contributed by atoms with E-state index in [1.807, 2.05) is 227 Å². The van der Waals surface area contributed by atoms with Crippen molar-refractivity contribution in [2.24, 2.45) is 0 Å². The first-order valence-corrected chi connectivity index (χ1v) is 55.6. The van der Waals surface area contributed by atoms with Crippen molar-refractivity contribution in [3.8, 4) is 40.2 Å². The fraction of sp³-hybridized carbons (Fsp3) is 0.221. The third-order valence-corrected chi connectivity index (χ3v) is 37.7. The smallest absolute Gasteiger partial charge is 0.248 e. The van der Waals surface area contributed by atoms with Crippen LogP contribution >= 0.6 is 0 Å². The monoisotopic (exact) mass is 2050 g/mol. The van der Waals surface area contributed by atoms with Crippen molar-refractivity contribution >= 4 is 60.1 Å². The summed E-state index contributed by atoms with van der Waals surface area (Å²) in [6.07, 6.45) is 8.71. The molecular weight excluding hydrogens is 1940 g/mol. The van der Waals surface area contributed by atoms with E-state index in [1.54, 1.807) is 91.8 Å². The number of ether oxygens (including phenoxy) is 2. The zero-order valence-corrected chi connectivity index (χ0v) is 85.7. The number of hydrogen-bond donors (Lipinski definition) is 5. The van der Waals surface area contributed by atoms with Crippen LogP contribution in [0.3, 0.4) is 0 Å². The average molecular weight is 2050 g/mol. The molecule has 14 aromatic carbocycles. The number of phenols is 5. The number of nitrogens with zero attached hydrogens (tertiary/aromatic N) is 6. The van der Waals surface area contributed by atoms with Gasteiger partial charge in [0, 0.05) is 57.9 Å². The lowest BCUT2D eigenvalue weighted by atomic mass is 9.90. The molecular formula is C113H114N6O19S6. The maximum Gasteiger partial charge on any atom is 0.248 e. The Morgan fingerprint density at radius 2 is 0.701 bits per heavy atom. The number of methoxy groups -OCH3 is 2. The minimum Gasteiger partial charge on any atom is -0.508 e. The number of phenolic OH excluding ortho intramolecular Hbond substituents is 5. The van der Waals surface area contributed by atoms with E-state index < -0.39 is 66.2 Å². The quantitative estimate of drug-likeness (QED) is 0.0470. The Bertz CT molecular complexity index is 7840. The molecule has 0 fully saturated rings. The highest BCUT2D eigenvalue weighted by molar-refractivity contribution is 7.90. The van der Waals surface area contributed by atoms with Crippen LogP contribution in [0, 0.1) is 34.6 Å². The van der Waals surface area contributed by atoms with Crippen LogP contribution < -0.4 is 9.47 Å². The van der Waals surface area contributed by atoms with Gasteiger partial charge in [-0.25, -0.2) is 50.5 Å². The highest BCUT2D eigenvalue weighted by Crippen LogP contribution is 2.52. The predicted octanol–water partition coefficient (Wildman–Crippen LogP) is 21.3. The second-order valence-corrected chi connectivity index (χ2v) is 47.8. The minimum absolute atomic E-state index is 0.0197. The lowest BCUT2D eigenvalue weighted by Crippen LogP contribution is -2.32. The van der Waals surface area contributed by atoms with Crippen molar-refractivity contribution in [3.05, 3.63) is 445 Å². The van der Waals surface area contributed by atoms with Crippen molar-refractivity contribution in [2.45, 2.75) is 179 Å². The van der Waals surface area contributed by atoms with Gasteiger partial charge in [-0.15, -0.1) is 6.58 Å². The molecule has 3 unspecified atom stereocenters. The van der Waals surface area contributed by atoms with Crippen molar-refractivity contribution in [1.29, 1.82) is 0 Å². The van der Waals surface area contributed by atoms with Gasteiger partial charge in [-0.1, -0.05) is 236 Å².